The molecule has 0 fully saturated rings. The third kappa shape index (κ3) is 5.49. The van der Waals surface area contributed by atoms with E-state index in [1.54, 1.807) is 36.4 Å². The van der Waals surface area contributed by atoms with E-state index in [9.17, 15) is 14.0 Å². The van der Waals surface area contributed by atoms with Gasteiger partial charge < -0.3 is 15.5 Å². The van der Waals surface area contributed by atoms with Crippen molar-refractivity contribution in [2.45, 2.75) is 6.04 Å². The van der Waals surface area contributed by atoms with Crippen LogP contribution in [0.5, 0.6) is 0 Å². The summed E-state index contributed by atoms with van der Waals surface area (Å²) in [6, 6.07) is 16.5. The van der Waals surface area contributed by atoms with Gasteiger partial charge in [0, 0.05) is 17.8 Å². The number of rotatable bonds is 7. The number of nitrogens with one attached hydrogen (secondary N) is 2. The quantitative estimate of drug-likeness (QED) is 0.613. The fourth-order valence-electron chi connectivity index (χ4n) is 2.94. The molecule has 29 heavy (non-hydrogen) atoms. The number of anilines is 1. The molecular weight excluding hydrogens is 389 g/mol. The van der Waals surface area contributed by atoms with Crippen LogP contribution < -0.4 is 10.6 Å². The van der Waals surface area contributed by atoms with E-state index in [0.29, 0.717) is 22.7 Å². The Morgan fingerprint density at radius 1 is 1.03 bits per heavy atom. The molecule has 0 spiro atoms. The van der Waals surface area contributed by atoms with Gasteiger partial charge >= 0.3 is 0 Å². The molecule has 0 aliphatic rings. The van der Waals surface area contributed by atoms with Crippen LogP contribution in [0, 0.1) is 5.82 Å². The fraction of sp³-hybridized carbons (Fsp3) is 0.182. The first kappa shape index (κ1) is 20.7. The van der Waals surface area contributed by atoms with Gasteiger partial charge in [0.2, 0.25) is 0 Å². The van der Waals surface area contributed by atoms with E-state index in [0.717, 1.165) is 5.56 Å². The van der Waals surface area contributed by atoms with Gasteiger partial charge in [-0.3, -0.25) is 9.59 Å². The zero-order valence-corrected chi connectivity index (χ0v) is 17.0. The molecule has 1 atom stereocenters. The number of amides is 2. The number of thiophene rings is 1. The highest BCUT2D eigenvalue weighted by Gasteiger charge is 2.17. The van der Waals surface area contributed by atoms with E-state index in [-0.39, 0.29) is 23.7 Å². The van der Waals surface area contributed by atoms with Crippen molar-refractivity contribution in [2.24, 2.45) is 0 Å². The Morgan fingerprint density at radius 3 is 2.52 bits per heavy atom. The Morgan fingerprint density at radius 2 is 1.83 bits per heavy atom. The fourth-order valence-corrected chi connectivity index (χ4v) is 3.56. The molecule has 2 N–H and O–H groups in total. The van der Waals surface area contributed by atoms with Crippen molar-refractivity contribution in [3.8, 4) is 0 Å². The number of halogens is 1. The molecule has 2 aromatic carbocycles. The second-order valence-corrected chi connectivity index (χ2v) is 7.70. The predicted octanol–water partition coefficient (Wildman–Crippen LogP) is 4.17. The van der Waals surface area contributed by atoms with Gasteiger partial charge in [-0.1, -0.05) is 24.3 Å². The molecule has 1 heterocycles. The standard InChI is InChI=1S/C22H22FN3O2S/c1-26(2)19(15-6-3-8-17(23)12-15)14-24-21(27)16-7-4-9-18(13-16)25-22(28)20-10-5-11-29-20/h3-13,19H,14H2,1-2H3,(H,24,27)(H,25,28)/t19-/m1/s1. The van der Waals surface area contributed by atoms with E-state index in [4.69, 9.17) is 0 Å². The normalized spacial score (nSPS) is 11.9. The lowest BCUT2D eigenvalue weighted by Gasteiger charge is -2.25. The summed E-state index contributed by atoms with van der Waals surface area (Å²) in [5.41, 5.74) is 1.77. The predicted molar refractivity (Wildman–Crippen MR) is 114 cm³/mol. The zero-order valence-electron chi connectivity index (χ0n) is 16.2. The molecule has 0 aliphatic carbocycles. The van der Waals surface area contributed by atoms with Crippen LogP contribution in [0.1, 0.15) is 31.6 Å². The van der Waals surface area contributed by atoms with E-state index in [2.05, 4.69) is 10.6 Å². The highest BCUT2D eigenvalue weighted by Crippen LogP contribution is 2.19. The van der Waals surface area contributed by atoms with Crippen LogP contribution in [-0.2, 0) is 0 Å². The summed E-state index contributed by atoms with van der Waals surface area (Å²) in [5.74, 6) is -0.785. The summed E-state index contributed by atoms with van der Waals surface area (Å²) in [7, 11) is 3.75. The van der Waals surface area contributed by atoms with Gasteiger partial charge in [0.15, 0.2) is 0 Å². The molecule has 0 radical (unpaired) electrons. The molecule has 3 rings (SSSR count). The lowest BCUT2D eigenvalue weighted by Crippen LogP contribution is -2.34. The van der Waals surface area contributed by atoms with Gasteiger partial charge in [-0.2, -0.15) is 0 Å². The molecular formula is C22H22FN3O2S. The minimum atomic E-state index is -0.310. The van der Waals surface area contributed by atoms with Gasteiger partial charge in [0.05, 0.1) is 10.9 Å². The lowest BCUT2D eigenvalue weighted by atomic mass is 10.1. The van der Waals surface area contributed by atoms with Gasteiger partial charge in [-0.15, -0.1) is 11.3 Å². The third-order valence-electron chi connectivity index (χ3n) is 4.44. The van der Waals surface area contributed by atoms with E-state index >= 15 is 0 Å². The first-order chi connectivity index (χ1) is 13.9. The average molecular weight is 412 g/mol. The van der Waals surface area contributed by atoms with Crippen molar-refractivity contribution in [1.82, 2.24) is 10.2 Å². The van der Waals surface area contributed by atoms with E-state index in [1.165, 1.54) is 23.5 Å². The van der Waals surface area contributed by atoms with Crippen molar-refractivity contribution < 1.29 is 14.0 Å². The summed E-state index contributed by atoms with van der Waals surface area (Å²) in [5, 5.41) is 7.52. The van der Waals surface area contributed by atoms with E-state index < -0.39 is 0 Å². The minimum Gasteiger partial charge on any atom is -0.350 e. The number of nitrogens with zero attached hydrogens (tertiary/aromatic N) is 1. The number of hydrogen-bond donors (Lipinski definition) is 2. The largest absolute Gasteiger partial charge is 0.350 e. The molecule has 0 unspecified atom stereocenters. The molecule has 150 valence electrons. The molecule has 3 aromatic rings. The van der Waals surface area contributed by atoms with Gasteiger partial charge in [-0.05, 0) is 61.4 Å². The van der Waals surface area contributed by atoms with Crippen LogP contribution in [0.2, 0.25) is 0 Å². The smallest absolute Gasteiger partial charge is 0.265 e. The van der Waals surface area contributed by atoms with E-state index in [1.807, 2.05) is 36.5 Å². The molecule has 0 saturated carbocycles. The molecule has 0 bridgehead atoms. The summed E-state index contributed by atoms with van der Waals surface area (Å²) >= 11 is 1.35. The molecule has 5 nitrogen and oxygen atoms in total. The maximum Gasteiger partial charge on any atom is 0.265 e. The molecule has 2 amide bonds. The van der Waals surface area contributed by atoms with Crippen LogP contribution in [0.25, 0.3) is 0 Å². The topological polar surface area (TPSA) is 61.4 Å². The number of benzene rings is 2. The average Bonchev–Trinajstić information content (AvgIpc) is 3.23. The Kier molecular flexibility index (Phi) is 6.74. The van der Waals surface area contributed by atoms with Crippen LogP contribution in [-0.4, -0.2) is 37.4 Å². The number of carbonyl (C=O) groups is 2. The summed E-state index contributed by atoms with van der Waals surface area (Å²) in [4.78, 5) is 27.3. The van der Waals surface area contributed by atoms with Gasteiger partial charge in [0.25, 0.3) is 11.8 Å². The maximum atomic E-state index is 13.6. The van der Waals surface area contributed by atoms with Crippen molar-refractivity contribution in [3.05, 3.63) is 87.9 Å². The van der Waals surface area contributed by atoms with Crippen molar-refractivity contribution in [1.29, 1.82) is 0 Å². The summed E-state index contributed by atoms with van der Waals surface area (Å²) in [6.45, 7) is 0.321. The number of likely N-dealkylation sites (N-methyl/N-ethyl adjacent to an activating group) is 1. The summed E-state index contributed by atoms with van der Waals surface area (Å²) < 4.78 is 13.6. The van der Waals surface area contributed by atoms with Crippen LogP contribution in [0.4, 0.5) is 10.1 Å². The second-order valence-electron chi connectivity index (χ2n) is 6.76. The zero-order chi connectivity index (χ0) is 20.8. The molecule has 0 aliphatic heterocycles. The molecule has 7 heteroatoms. The lowest BCUT2D eigenvalue weighted by molar-refractivity contribution is 0.0940. The Hall–Kier alpha value is -3.03. The molecule has 0 saturated heterocycles. The summed E-state index contributed by atoms with van der Waals surface area (Å²) in [6.07, 6.45) is 0. The number of hydrogen-bond acceptors (Lipinski definition) is 4. The van der Waals surface area contributed by atoms with Gasteiger partial charge in [0.1, 0.15) is 5.82 Å². The minimum absolute atomic E-state index is 0.170. The van der Waals surface area contributed by atoms with Crippen LogP contribution in [0.15, 0.2) is 66.0 Å². The highest BCUT2D eigenvalue weighted by atomic mass is 32.1. The Bertz CT molecular complexity index is 989. The van der Waals surface area contributed by atoms with Crippen molar-refractivity contribution in [2.75, 3.05) is 26.0 Å². The Balaban J connectivity index is 1.66. The van der Waals surface area contributed by atoms with Gasteiger partial charge in [-0.25, -0.2) is 4.39 Å². The second kappa shape index (κ2) is 9.45. The SMILES string of the molecule is CN(C)[C@H](CNC(=O)c1cccc(NC(=O)c2cccs2)c1)c1cccc(F)c1. The maximum absolute atomic E-state index is 13.6. The molecule has 1 aromatic heterocycles. The monoisotopic (exact) mass is 411 g/mol. The number of carbonyl (C=O) groups excluding carboxylic acids is 2. The van der Waals surface area contributed by atoms with Crippen LogP contribution in [0.3, 0.4) is 0 Å². The Labute approximate surface area is 173 Å². The van der Waals surface area contributed by atoms with Crippen LogP contribution >= 0.6 is 11.3 Å². The first-order valence-electron chi connectivity index (χ1n) is 9.09. The van der Waals surface area contributed by atoms with Crippen molar-refractivity contribution >= 4 is 28.8 Å². The highest BCUT2D eigenvalue weighted by molar-refractivity contribution is 7.12. The third-order valence-corrected chi connectivity index (χ3v) is 5.31. The first-order valence-corrected chi connectivity index (χ1v) is 9.97. The van der Waals surface area contributed by atoms with Crippen molar-refractivity contribution in [3.63, 3.8) is 0 Å².